The summed E-state index contributed by atoms with van der Waals surface area (Å²) in [5.74, 6) is -0.645. The van der Waals surface area contributed by atoms with Gasteiger partial charge in [-0.05, 0) is 43.5 Å². The molecule has 0 aromatic heterocycles. The zero-order valence-corrected chi connectivity index (χ0v) is 19.1. The molecule has 1 aromatic carbocycles. The number of benzene rings is 1. The fourth-order valence-electron chi connectivity index (χ4n) is 3.89. The fraction of sp³-hybridized carbons (Fsp3) is 0.571. The highest BCUT2D eigenvalue weighted by Gasteiger charge is 2.52. The first kappa shape index (κ1) is 21.5. The summed E-state index contributed by atoms with van der Waals surface area (Å²) in [5, 5.41) is 0. The molecule has 1 aliphatic heterocycles. The van der Waals surface area contributed by atoms with E-state index in [9.17, 15) is 14.4 Å². The van der Waals surface area contributed by atoms with E-state index in [4.69, 9.17) is 4.74 Å². The molecule has 1 aliphatic carbocycles. The normalized spacial score (nSPS) is 27.0. The number of anilines is 1. The molecule has 1 aromatic rings. The second-order valence-electron chi connectivity index (χ2n) is 7.51. The molecule has 152 valence electrons. The molecule has 0 bridgehead atoms. The number of amides is 2. The topological polar surface area (TPSA) is 63.7 Å². The monoisotopic (exact) mass is 513 g/mol. The highest BCUT2D eigenvalue weighted by Crippen LogP contribution is 2.44. The summed E-state index contributed by atoms with van der Waals surface area (Å²) in [6, 6.07) is 6.62. The van der Waals surface area contributed by atoms with Gasteiger partial charge in [-0.3, -0.25) is 19.3 Å². The lowest BCUT2D eigenvalue weighted by Gasteiger charge is -2.29. The van der Waals surface area contributed by atoms with Crippen molar-refractivity contribution in [3.63, 3.8) is 0 Å². The summed E-state index contributed by atoms with van der Waals surface area (Å²) in [5.41, 5.74) is 0.532. The van der Waals surface area contributed by atoms with E-state index in [-0.39, 0.29) is 39.3 Å². The van der Waals surface area contributed by atoms with Crippen LogP contribution >= 0.6 is 31.9 Å². The van der Waals surface area contributed by atoms with Gasteiger partial charge in [-0.25, -0.2) is 0 Å². The van der Waals surface area contributed by atoms with Crippen LogP contribution in [0.3, 0.4) is 0 Å². The molecule has 0 N–H and O–H groups in total. The van der Waals surface area contributed by atoms with E-state index < -0.39 is 0 Å². The van der Waals surface area contributed by atoms with E-state index in [1.807, 2.05) is 0 Å². The van der Waals surface area contributed by atoms with Crippen molar-refractivity contribution in [2.75, 3.05) is 4.90 Å². The Kier molecular flexibility index (Phi) is 7.31. The maximum absolute atomic E-state index is 12.8. The Balaban J connectivity index is 1.62. The SMILES string of the molecule is CCCCCCC(=O)Oc1ccc(N2C(=O)[C@H]3C[C@@H](Br)[C@@H](Br)C[C@@H]3C2=O)cc1. The van der Waals surface area contributed by atoms with Gasteiger partial charge in [0, 0.05) is 16.1 Å². The van der Waals surface area contributed by atoms with Crippen LogP contribution in [0.5, 0.6) is 5.75 Å². The number of nitrogens with zero attached hydrogens (tertiary/aromatic N) is 1. The number of halogens is 2. The molecule has 2 amide bonds. The number of carbonyl (C=O) groups excluding carboxylic acids is 3. The number of imide groups is 1. The lowest BCUT2D eigenvalue weighted by atomic mass is 9.81. The zero-order valence-electron chi connectivity index (χ0n) is 15.9. The highest BCUT2D eigenvalue weighted by molar-refractivity contribution is 9.12. The Labute approximate surface area is 182 Å². The number of hydrogen-bond acceptors (Lipinski definition) is 4. The number of alkyl halides is 2. The summed E-state index contributed by atoms with van der Waals surface area (Å²) in [7, 11) is 0. The van der Waals surface area contributed by atoms with Gasteiger partial charge < -0.3 is 4.74 Å². The quantitative estimate of drug-likeness (QED) is 0.169. The van der Waals surface area contributed by atoms with Crippen LogP contribution in [0, 0.1) is 11.8 Å². The number of fused-ring (bicyclic) bond motifs is 1. The van der Waals surface area contributed by atoms with Crippen molar-refractivity contribution in [2.24, 2.45) is 11.8 Å². The second kappa shape index (κ2) is 9.53. The molecule has 0 spiro atoms. The second-order valence-corrected chi connectivity index (χ2v) is 9.86. The predicted octanol–water partition coefficient (Wildman–Crippen LogP) is 4.99. The number of hydrogen-bond donors (Lipinski definition) is 0. The standard InChI is InChI=1S/C21H25Br2NO4/c1-2-3-4-5-6-19(25)28-14-9-7-13(8-10-14)24-20(26)15-11-17(22)18(23)12-16(15)21(24)27/h7-10,15-18H,2-6,11-12H2,1H3/t15-,16-,17-,18+/m0/s1. The molecule has 5 nitrogen and oxygen atoms in total. The van der Waals surface area contributed by atoms with Gasteiger partial charge in [-0.2, -0.15) is 0 Å². The molecular weight excluding hydrogens is 490 g/mol. The van der Waals surface area contributed by atoms with E-state index in [0.29, 0.717) is 30.7 Å². The van der Waals surface area contributed by atoms with Crippen molar-refractivity contribution < 1.29 is 19.1 Å². The number of carbonyl (C=O) groups is 3. The number of rotatable bonds is 7. The molecule has 0 unspecified atom stereocenters. The van der Waals surface area contributed by atoms with Crippen molar-refractivity contribution in [1.29, 1.82) is 0 Å². The summed E-state index contributed by atoms with van der Waals surface area (Å²) in [6.07, 6.45) is 5.79. The highest BCUT2D eigenvalue weighted by atomic mass is 79.9. The predicted molar refractivity (Wildman–Crippen MR) is 115 cm³/mol. The van der Waals surface area contributed by atoms with Crippen molar-refractivity contribution in [3.05, 3.63) is 24.3 Å². The number of ether oxygens (including phenoxy) is 1. The lowest BCUT2D eigenvalue weighted by Crippen LogP contribution is -2.34. The van der Waals surface area contributed by atoms with E-state index in [1.165, 1.54) is 4.90 Å². The van der Waals surface area contributed by atoms with Crippen molar-refractivity contribution in [2.45, 2.75) is 61.5 Å². The van der Waals surface area contributed by atoms with Crippen LogP contribution in [0.4, 0.5) is 5.69 Å². The van der Waals surface area contributed by atoms with Crippen LogP contribution in [-0.4, -0.2) is 27.4 Å². The third-order valence-corrected chi connectivity index (χ3v) is 8.21. The van der Waals surface area contributed by atoms with Crippen molar-refractivity contribution >= 4 is 55.3 Å². The van der Waals surface area contributed by atoms with Crippen LogP contribution in [0.15, 0.2) is 24.3 Å². The Bertz CT molecular complexity index is 708. The molecule has 1 saturated heterocycles. The van der Waals surface area contributed by atoms with Crippen LogP contribution in [0.2, 0.25) is 0 Å². The minimum Gasteiger partial charge on any atom is -0.427 e. The molecule has 4 atom stereocenters. The first-order chi connectivity index (χ1) is 13.4. The van der Waals surface area contributed by atoms with E-state index >= 15 is 0 Å². The molecule has 0 radical (unpaired) electrons. The smallest absolute Gasteiger partial charge is 0.311 e. The first-order valence-corrected chi connectivity index (χ1v) is 11.7. The average Bonchev–Trinajstić information content (AvgIpc) is 2.90. The molecule has 3 rings (SSSR count). The number of unbranched alkanes of at least 4 members (excludes halogenated alkanes) is 3. The van der Waals surface area contributed by atoms with Gasteiger partial charge in [0.1, 0.15) is 5.75 Å². The molecule has 2 fully saturated rings. The summed E-state index contributed by atoms with van der Waals surface area (Å²) >= 11 is 7.19. The van der Waals surface area contributed by atoms with Gasteiger partial charge in [-0.15, -0.1) is 0 Å². The van der Waals surface area contributed by atoms with Gasteiger partial charge in [0.2, 0.25) is 11.8 Å². The Morgan fingerprint density at radius 2 is 1.57 bits per heavy atom. The van der Waals surface area contributed by atoms with E-state index in [2.05, 4.69) is 38.8 Å². The molecule has 1 saturated carbocycles. The molecule has 2 aliphatic rings. The fourth-order valence-corrected chi connectivity index (χ4v) is 5.13. The largest absolute Gasteiger partial charge is 0.427 e. The first-order valence-electron chi connectivity index (χ1n) is 9.89. The minimum atomic E-state index is -0.272. The molecule has 28 heavy (non-hydrogen) atoms. The third kappa shape index (κ3) is 4.67. The zero-order chi connectivity index (χ0) is 20.3. The van der Waals surface area contributed by atoms with Crippen LogP contribution in [-0.2, 0) is 14.4 Å². The van der Waals surface area contributed by atoms with Crippen LogP contribution < -0.4 is 9.64 Å². The Morgan fingerprint density at radius 3 is 2.11 bits per heavy atom. The minimum absolute atomic E-state index is 0.139. The maximum atomic E-state index is 12.8. The Morgan fingerprint density at radius 1 is 1.00 bits per heavy atom. The van der Waals surface area contributed by atoms with Crippen LogP contribution in [0.25, 0.3) is 0 Å². The molecular formula is C21H25Br2NO4. The third-order valence-electron chi connectivity index (χ3n) is 5.47. The van der Waals surface area contributed by atoms with Crippen LogP contribution in [0.1, 0.15) is 51.9 Å². The van der Waals surface area contributed by atoms with E-state index in [1.54, 1.807) is 24.3 Å². The van der Waals surface area contributed by atoms with Crippen molar-refractivity contribution in [1.82, 2.24) is 0 Å². The van der Waals surface area contributed by atoms with Crippen molar-refractivity contribution in [3.8, 4) is 5.75 Å². The van der Waals surface area contributed by atoms with Gasteiger partial charge in [0.25, 0.3) is 0 Å². The lowest BCUT2D eigenvalue weighted by molar-refractivity contribution is -0.134. The van der Waals surface area contributed by atoms with Gasteiger partial charge in [0.15, 0.2) is 0 Å². The molecule has 7 heteroatoms. The summed E-state index contributed by atoms with van der Waals surface area (Å²) < 4.78 is 5.35. The van der Waals surface area contributed by atoms with E-state index in [0.717, 1.165) is 25.7 Å². The Hall–Kier alpha value is -1.21. The van der Waals surface area contributed by atoms with Gasteiger partial charge in [-0.1, -0.05) is 58.0 Å². The van der Waals surface area contributed by atoms with Gasteiger partial charge in [0.05, 0.1) is 17.5 Å². The molecule has 1 heterocycles. The summed E-state index contributed by atoms with van der Waals surface area (Å²) in [4.78, 5) is 39.2. The number of esters is 1. The maximum Gasteiger partial charge on any atom is 0.311 e. The average molecular weight is 515 g/mol. The summed E-state index contributed by atoms with van der Waals surface area (Å²) in [6.45, 7) is 2.13. The van der Waals surface area contributed by atoms with Gasteiger partial charge >= 0.3 is 5.97 Å².